The van der Waals surface area contributed by atoms with E-state index in [1.54, 1.807) is 26.0 Å². The molecule has 114 valence electrons. The third kappa shape index (κ3) is 8.77. The van der Waals surface area contributed by atoms with E-state index in [0.29, 0.717) is 0 Å². The van der Waals surface area contributed by atoms with Crippen LogP contribution in [0.5, 0.6) is 0 Å². The van der Waals surface area contributed by atoms with Gasteiger partial charge in [0.2, 0.25) is 0 Å². The number of aryl methyl sites for hydroxylation is 1. The Hall–Kier alpha value is -0.150. The summed E-state index contributed by atoms with van der Waals surface area (Å²) >= 11 is 4.90. The standard InChI is InChI=1S/C7H7ClNO2S.C5H11NO2.Na/c1-6-2-4-7(5-3-6)12(10,11)9-8;1-3(2)4(6)5(7)8;/h2-5H,1H3;3-4H,6H2,1-2H3,(H,7,8);/q-1;;+1/t;4-;/m.0./s1. The van der Waals surface area contributed by atoms with Crippen molar-refractivity contribution in [2.45, 2.75) is 31.7 Å². The van der Waals surface area contributed by atoms with E-state index in [1.807, 2.05) is 6.92 Å². The van der Waals surface area contributed by atoms with Gasteiger partial charge in [-0.05, 0) is 25.0 Å². The molecule has 0 fully saturated rings. The van der Waals surface area contributed by atoms with Gasteiger partial charge in [0.05, 0.1) is 0 Å². The number of hydrogen-bond donors (Lipinski definition) is 2. The van der Waals surface area contributed by atoms with Crippen LogP contribution >= 0.6 is 11.8 Å². The summed E-state index contributed by atoms with van der Waals surface area (Å²) in [5, 5.41) is 8.23. The van der Waals surface area contributed by atoms with E-state index in [9.17, 15) is 13.2 Å². The summed E-state index contributed by atoms with van der Waals surface area (Å²) in [7, 11) is -3.62. The normalized spacial score (nSPS) is 11.9. The molecule has 9 heteroatoms. The van der Waals surface area contributed by atoms with E-state index in [4.69, 9.17) is 22.6 Å². The largest absolute Gasteiger partial charge is 1.00 e. The number of nitrogens with zero attached hydrogens (tertiary/aromatic N) is 1. The van der Waals surface area contributed by atoms with Crippen LogP contribution in [-0.2, 0) is 14.8 Å². The molecule has 1 aromatic carbocycles. The van der Waals surface area contributed by atoms with Gasteiger partial charge in [0.25, 0.3) is 0 Å². The van der Waals surface area contributed by atoms with Gasteiger partial charge in [-0.15, -0.1) is 0 Å². The number of halogens is 1. The molecule has 0 aliphatic rings. The van der Waals surface area contributed by atoms with Crippen molar-refractivity contribution in [1.29, 1.82) is 0 Å². The van der Waals surface area contributed by atoms with Gasteiger partial charge in [0.15, 0.2) is 0 Å². The molecule has 0 unspecified atom stereocenters. The third-order valence-electron chi connectivity index (χ3n) is 2.41. The predicted molar refractivity (Wildman–Crippen MR) is 78.0 cm³/mol. The summed E-state index contributed by atoms with van der Waals surface area (Å²) in [6.45, 7) is 5.42. The number of hydrogen-bond acceptors (Lipinski definition) is 4. The average molecular weight is 345 g/mol. The summed E-state index contributed by atoms with van der Waals surface area (Å²) in [5.74, 6) is -0.910. The zero-order valence-corrected chi connectivity index (χ0v) is 16.0. The summed E-state index contributed by atoms with van der Waals surface area (Å²) in [5.41, 5.74) is 6.15. The van der Waals surface area contributed by atoms with Crippen LogP contribution in [0.3, 0.4) is 0 Å². The van der Waals surface area contributed by atoms with Gasteiger partial charge in [-0.25, -0.2) is 8.42 Å². The molecular formula is C12H18ClN2NaO4S. The molecular weight excluding hydrogens is 327 g/mol. The predicted octanol–water partition coefficient (Wildman–Crippen LogP) is -0.730. The second kappa shape index (κ2) is 10.6. The Labute approximate surface area is 152 Å². The number of carboxylic acid groups (broad SMARTS) is 1. The molecule has 0 aliphatic heterocycles. The zero-order valence-electron chi connectivity index (χ0n) is 12.4. The molecule has 21 heavy (non-hydrogen) atoms. The molecule has 0 spiro atoms. The minimum absolute atomic E-state index is 0. The van der Waals surface area contributed by atoms with E-state index in [-0.39, 0.29) is 40.4 Å². The Morgan fingerprint density at radius 1 is 1.29 bits per heavy atom. The SMILES string of the molecule is CC(C)[C@H](N)C(=O)O.Cc1ccc(S(=O)(=O)[N-]Cl)cc1.[Na+]. The Balaban J connectivity index is 0. The molecule has 0 bridgehead atoms. The number of sulfonamides is 1. The first kappa shape index (κ1) is 23.1. The van der Waals surface area contributed by atoms with E-state index in [0.717, 1.165) is 5.56 Å². The van der Waals surface area contributed by atoms with Crippen molar-refractivity contribution in [3.63, 3.8) is 0 Å². The molecule has 3 N–H and O–H groups in total. The van der Waals surface area contributed by atoms with Crippen LogP contribution in [0.25, 0.3) is 4.24 Å². The fourth-order valence-electron chi connectivity index (χ4n) is 1.04. The molecule has 6 nitrogen and oxygen atoms in total. The van der Waals surface area contributed by atoms with E-state index >= 15 is 0 Å². The summed E-state index contributed by atoms with van der Waals surface area (Å²) in [4.78, 5) is 10.1. The van der Waals surface area contributed by atoms with Crippen molar-refractivity contribution < 1.29 is 47.9 Å². The first-order valence-electron chi connectivity index (χ1n) is 5.75. The number of nitrogens with two attached hydrogens (primary N) is 1. The second-order valence-corrected chi connectivity index (χ2v) is 6.44. The topological polar surface area (TPSA) is 112 Å². The van der Waals surface area contributed by atoms with E-state index < -0.39 is 22.0 Å². The number of carboxylic acids is 1. The number of carbonyl (C=O) groups is 1. The van der Waals surface area contributed by atoms with Gasteiger partial charge < -0.3 is 15.1 Å². The first-order valence-corrected chi connectivity index (χ1v) is 7.53. The zero-order chi connectivity index (χ0) is 15.9. The maximum absolute atomic E-state index is 11.0. The monoisotopic (exact) mass is 344 g/mol. The second-order valence-electron chi connectivity index (χ2n) is 4.47. The van der Waals surface area contributed by atoms with Gasteiger partial charge >= 0.3 is 35.5 Å². The van der Waals surface area contributed by atoms with Crippen molar-refractivity contribution in [2.75, 3.05) is 0 Å². The van der Waals surface area contributed by atoms with Crippen LogP contribution in [-0.4, -0.2) is 25.5 Å². The quantitative estimate of drug-likeness (QED) is 0.699. The Bertz CT molecular complexity index is 535. The molecule has 0 aliphatic carbocycles. The van der Waals surface area contributed by atoms with Crippen molar-refractivity contribution in [1.82, 2.24) is 0 Å². The molecule has 0 amide bonds. The van der Waals surface area contributed by atoms with Crippen LogP contribution in [0, 0.1) is 12.8 Å². The van der Waals surface area contributed by atoms with E-state index in [1.165, 1.54) is 12.1 Å². The molecule has 0 radical (unpaired) electrons. The third-order valence-corrected chi connectivity index (χ3v) is 4.01. The minimum Gasteiger partial charge on any atom is -0.480 e. The van der Waals surface area contributed by atoms with Gasteiger partial charge in [-0.2, -0.15) is 0 Å². The number of aliphatic carboxylic acids is 1. The van der Waals surface area contributed by atoms with Gasteiger partial charge in [-0.3, -0.25) is 16.6 Å². The molecule has 0 heterocycles. The fraction of sp³-hybridized carbons (Fsp3) is 0.417. The maximum Gasteiger partial charge on any atom is 1.00 e. The molecule has 1 rings (SSSR count). The first-order chi connectivity index (χ1) is 9.11. The maximum atomic E-state index is 11.0. The summed E-state index contributed by atoms with van der Waals surface area (Å²) in [6.07, 6.45) is 0. The van der Waals surface area contributed by atoms with Crippen LogP contribution in [0.2, 0.25) is 0 Å². The summed E-state index contributed by atoms with van der Waals surface area (Å²) in [6, 6.07) is 5.60. The van der Waals surface area contributed by atoms with Gasteiger partial charge in [0, 0.05) is 4.90 Å². The van der Waals surface area contributed by atoms with Crippen molar-refractivity contribution in [2.24, 2.45) is 11.7 Å². The number of benzene rings is 1. The van der Waals surface area contributed by atoms with Crippen molar-refractivity contribution in [3.8, 4) is 0 Å². The Morgan fingerprint density at radius 2 is 1.71 bits per heavy atom. The van der Waals surface area contributed by atoms with Crippen molar-refractivity contribution in [3.05, 3.63) is 34.1 Å². The van der Waals surface area contributed by atoms with E-state index in [2.05, 4.69) is 4.24 Å². The van der Waals surface area contributed by atoms with Crippen LogP contribution in [0.15, 0.2) is 29.2 Å². The molecule has 0 aromatic heterocycles. The van der Waals surface area contributed by atoms with Crippen LogP contribution < -0.4 is 35.3 Å². The molecule has 0 saturated heterocycles. The Morgan fingerprint density at radius 3 is 1.95 bits per heavy atom. The summed E-state index contributed by atoms with van der Waals surface area (Å²) < 4.78 is 24.8. The minimum atomic E-state index is -3.62. The van der Waals surface area contributed by atoms with Gasteiger partial charge in [0.1, 0.15) is 16.1 Å². The van der Waals surface area contributed by atoms with Crippen molar-refractivity contribution >= 4 is 27.8 Å². The molecule has 0 saturated carbocycles. The molecule has 1 atom stereocenters. The number of rotatable bonds is 4. The van der Waals surface area contributed by atoms with Crippen LogP contribution in [0.1, 0.15) is 19.4 Å². The average Bonchev–Trinajstić information content (AvgIpc) is 2.38. The smallest absolute Gasteiger partial charge is 0.480 e. The fourth-order valence-corrected chi connectivity index (χ4v) is 1.83. The molecule has 1 aromatic rings. The van der Waals surface area contributed by atoms with Crippen LogP contribution in [0.4, 0.5) is 0 Å². The Kier molecular flexibility index (Phi) is 11.6. The van der Waals surface area contributed by atoms with Gasteiger partial charge in [-0.1, -0.05) is 31.5 Å².